The monoisotopic (exact) mass is 276 g/mol. The number of hydrogen-bond acceptors (Lipinski definition) is 2. The SMILES string of the molecule is CC(CNCc1ccc2ncccc2c1)c1ccccc1. The van der Waals surface area contributed by atoms with Gasteiger partial charge in [0.1, 0.15) is 0 Å². The zero-order valence-corrected chi connectivity index (χ0v) is 12.3. The fraction of sp³-hybridized carbons (Fsp3) is 0.211. The number of hydrogen-bond donors (Lipinski definition) is 1. The van der Waals surface area contributed by atoms with Crippen molar-refractivity contribution in [1.29, 1.82) is 0 Å². The van der Waals surface area contributed by atoms with Crippen LogP contribution in [0.5, 0.6) is 0 Å². The van der Waals surface area contributed by atoms with Crippen LogP contribution in [0.1, 0.15) is 24.0 Å². The fourth-order valence-corrected chi connectivity index (χ4v) is 2.57. The van der Waals surface area contributed by atoms with Crippen molar-refractivity contribution in [1.82, 2.24) is 10.3 Å². The number of aromatic nitrogens is 1. The van der Waals surface area contributed by atoms with Gasteiger partial charge in [0.15, 0.2) is 0 Å². The fourth-order valence-electron chi connectivity index (χ4n) is 2.57. The third-order valence-corrected chi connectivity index (χ3v) is 3.82. The van der Waals surface area contributed by atoms with Gasteiger partial charge in [0.25, 0.3) is 0 Å². The van der Waals surface area contributed by atoms with Crippen molar-refractivity contribution in [2.45, 2.75) is 19.4 Å². The zero-order valence-electron chi connectivity index (χ0n) is 12.3. The number of benzene rings is 2. The van der Waals surface area contributed by atoms with Crippen molar-refractivity contribution in [3.8, 4) is 0 Å². The van der Waals surface area contributed by atoms with Crippen LogP contribution in [-0.4, -0.2) is 11.5 Å². The van der Waals surface area contributed by atoms with E-state index in [1.807, 2.05) is 12.3 Å². The highest BCUT2D eigenvalue weighted by molar-refractivity contribution is 5.78. The summed E-state index contributed by atoms with van der Waals surface area (Å²) in [6.45, 7) is 4.13. The first-order valence-electron chi connectivity index (χ1n) is 7.42. The van der Waals surface area contributed by atoms with E-state index in [9.17, 15) is 0 Å². The van der Waals surface area contributed by atoms with Crippen LogP contribution >= 0.6 is 0 Å². The number of nitrogens with zero attached hydrogens (tertiary/aromatic N) is 1. The van der Waals surface area contributed by atoms with Gasteiger partial charge in [-0.15, -0.1) is 0 Å². The molecule has 1 N–H and O–H groups in total. The molecular weight excluding hydrogens is 256 g/mol. The highest BCUT2D eigenvalue weighted by Crippen LogP contribution is 2.15. The van der Waals surface area contributed by atoms with Crippen molar-refractivity contribution in [3.05, 3.63) is 78.0 Å². The molecule has 0 amide bonds. The summed E-state index contributed by atoms with van der Waals surface area (Å²) in [5.41, 5.74) is 3.74. The molecule has 0 aliphatic rings. The summed E-state index contributed by atoms with van der Waals surface area (Å²) in [5, 5.41) is 4.75. The topological polar surface area (TPSA) is 24.9 Å². The summed E-state index contributed by atoms with van der Waals surface area (Å²) in [4.78, 5) is 4.35. The Morgan fingerprint density at radius 2 is 1.86 bits per heavy atom. The van der Waals surface area contributed by atoms with Crippen LogP contribution in [0.25, 0.3) is 10.9 Å². The molecule has 3 rings (SSSR count). The van der Waals surface area contributed by atoms with Crippen LogP contribution in [0.2, 0.25) is 0 Å². The standard InChI is InChI=1S/C19H20N2/c1-15(17-6-3-2-4-7-17)13-20-14-16-9-10-19-18(12-16)8-5-11-21-19/h2-12,15,20H,13-14H2,1H3. The Morgan fingerprint density at radius 3 is 2.71 bits per heavy atom. The predicted molar refractivity (Wildman–Crippen MR) is 88.3 cm³/mol. The second-order valence-corrected chi connectivity index (χ2v) is 5.47. The van der Waals surface area contributed by atoms with Gasteiger partial charge in [0.05, 0.1) is 5.52 Å². The predicted octanol–water partition coefficient (Wildman–Crippen LogP) is 4.13. The van der Waals surface area contributed by atoms with Crippen LogP contribution in [0.3, 0.4) is 0 Å². The van der Waals surface area contributed by atoms with E-state index in [4.69, 9.17) is 0 Å². The zero-order chi connectivity index (χ0) is 14.5. The maximum absolute atomic E-state index is 4.35. The Balaban J connectivity index is 1.59. The average Bonchev–Trinajstić information content (AvgIpc) is 2.55. The Hall–Kier alpha value is -2.19. The van der Waals surface area contributed by atoms with Gasteiger partial charge in [0, 0.05) is 24.7 Å². The lowest BCUT2D eigenvalue weighted by Gasteiger charge is -2.13. The molecular formula is C19H20N2. The Morgan fingerprint density at radius 1 is 1.00 bits per heavy atom. The highest BCUT2D eigenvalue weighted by Gasteiger charge is 2.04. The maximum atomic E-state index is 4.35. The lowest BCUT2D eigenvalue weighted by atomic mass is 10.0. The van der Waals surface area contributed by atoms with Gasteiger partial charge in [-0.1, -0.05) is 49.4 Å². The smallest absolute Gasteiger partial charge is 0.0702 e. The Labute approximate surface area is 125 Å². The number of nitrogens with one attached hydrogen (secondary N) is 1. The molecule has 21 heavy (non-hydrogen) atoms. The van der Waals surface area contributed by atoms with Gasteiger partial charge in [-0.2, -0.15) is 0 Å². The first-order valence-corrected chi connectivity index (χ1v) is 7.42. The summed E-state index contributed by atoms with van der Waals surface area (Å²) >= 11 is 0. The third-order valence-electron chi connectivity index (χ3n) is 3.82. The second kappa shape index (κ2) is 6.51. The molecule has 1 atom stereocenters. The first-order chi connectivity index (χ1) is 10.3. The molecule has 3 aromatic rings. The number of fused-ring (bicyclic) bond motifs is 1. The Bertz CT molecular complexity index is 707. The molecule has 0 bridgehead atoms. The molecule has 1 unspecified atom stereocenters. The van der Waals surface area contributed by atoms with Gasteiger partial charge in [-0.3, -0.25) is 4.98 Å². The minimum absolute atomic E-state index is 0.522. The molecule has 106 valence electrons. The summed E-state index contributed by atoms with van der Waals surface area (Å²) in [6, 6.07) is 21.2. The van der Waals surface area contributed by atoms with Crippen LogP contribution < -0.4 is 5.32 Å². The minimum Gasteiger partial charge on any atom is -0.312 e. The van der Waals surface area contributed by atoms with Crippen molar-refractivity contribution >= 4 is 10.9 Å². The van der Waals surface area contributed by atoms with E-state index in [-0.39, 0.29) is 0 Å². The van der Waals surface area contributed by atoms with Gasteiger partial charge >= 0.3 is 0 Å². The lowest BCUT2D eigenvalue weighted by Crippen LogP contribution is -2.19. The molecule has 1 heterocycles. The van der Waals surface area contributed by atoms with E-state index in [2.05, 4.69) is 71.8 Å². The molecule has 0 spiro atoms. The van der Waals surface area contributed by atoms with Gasteiger partial charge < -0.3 is 5.32 Å². The van der Waals surface area contributed by atoms with Crippen molar-refractivity contribution in [2.75, 3.05) is 6.54 Å². The maximum Gasteiger partial charge on any atom is 0.0702 e. The van der Waals surface area contributed by atoms with Gasteiger partial charge in [-0.05, 0) is 35.2 Å². The molecule has 2 nitrogen and oxygen atoms in total. The molecule has 0 saturated carbocycles. The quantitative estimate of drug-likeness (QED) is 0.758. The molecule has 0 saturated heterocycles. The first kappa shape index (κ1) is 13.8. The van der Waals surface area contributed by atoms with Crippen LogP contribution in [0.4, 0.5) is 0 Å². The van der Waals surface area contributed by atoms with Gasteiger partial charge in [0.2, 0.25) is 0 Å². The van der Waals surface area contributed by atoms with Crippen LogP contribution in [0, 0.1) is 0 Å². The molecule has 2 aromatic carbocycles. The molecule has 2 heteroatoms. The summed E-state index contributed by atoms with van der Waals surface area (Å²) in [6.07, 6.45) is 1.84. The molecule has 0 aliphatic heterocycles. The number of rotatable bonds is 5. The minimum atomic E-state index is 0.522. The van der Waals surface area contributed by atoms with E-state index >= 15 is 0 Å². The van der Waals surface area contributed by atoms with E-state index in [0.717, 1.165) is 18.6 Å². The number of pyridine rings is 1. The van der Waals surface area contributed by atoms with E-state index < -0.39 is 0 Å². The van der Waals surface area contributed by atoms with Crippen molar-refractivity contribution in [2.24, 2.45) is 0 Å². The summed E-state index contributed by atoms with van der Waals surface area (Å²) in [7, 11) is 0. The highest BCUT2D eigenvalue weighted by atomic mass is 14.9. The third kappa shape index (κ3) is 3.47. The molecule has 1 aromatic heterocycles. The summed E-state index contributed by atoms with van der Waals surface area (Å²) in [5.74, 6) is 0.522. The molecule has 0 fully saturated rings. The molecule has 0 radical (unpaired) electrons. The molecule has 0 aliphatic carbocycles. The average molecular weight is 276 g/mol. The normalized spacial score (nSPS) is 12.4. The summed E-state index contributed by atoms with van der Waals surface area (Å²) < 4.78 is 0. The largest absolute Gasteiger partial charge is 0.312 e. The van der Waals surface area contributed by atoms with Crippen molar-refractivity contribution < 1.29 is 0 Å². The van der Waals surface area contributed by atoms with E-state index in [0.29, 0.717) is 5.92 Å². The van der Waals surface area contributed by atoms with Crippen molar-refractivity contribution in [3.63, 3.8) is 0 Å². The van der Waals surface area contributed by atoms with Crippen LogP contribution in [-0.2, 0) is 6.54 Å². The van der Waals surface area contributed by atoms with E-state index in [1.165, 1.54) is 16.5 Å². The van der Waals surface area contributed by atoms with E-state index in [1.54, 1.807) is 0 Å². The lowest BCUT2D eigenvalue weighted by molar-refractivity contribution is 0.615. The second-order valence-electron chi connectivity index (χ2n) is 5.47. The van der Waals surface area contributed by atoms with Gasteiger partial charge in [-0.25, -0.2) is 0 Å². The Kier molecular flexibility index (Phi) is 4.27. The van der Waals surface area contributed by atoms with Crippen LogP contribution in [0.15, 0.2) is 66.9 Å².